The van der Waals surface area contributed by atoms with Crippen molar-refractivity contribution in [2.45, 2.75) is 50.9 Å². The lowest BCUT2D eigenvalue weighted by Gasteiger charge is -2.13. The Hall–Kier alpha value is -1.07. The molecule has 1 fully saturated rings. The zero-order valence-corrected chi connectivity index (χ0v) is 12.9. The highest BCUT2D eigenvalue weighted by molar-refractivity contribution is 7.99. The van der Waals surface area contributed by atoms with E-state index in [0.29, 0.717) is 6.04 Å². The number of nitrogens with one attached hydrogen (secondary N) is 1. The molecule has 2 unspecified atom stereocenters. The molecule has 1 N–H and O–H groups in total. The minimum Gasteiger partial charge on any atom is -0.310 e. The molecule has 1 aliphatic rings. The number of nitro benzene ring substituents is 1. The van der Waals surface area contributed by atoms with Crippen molar-refractivity contribution in [3.05, 3.63) is 39.4 Å². The summed E-state index contributed by atoms with van der Waals surface area (Å²) in [5, 5.41) is 15.2. The van der Waals surface area contributed by atoms with E-state index >= 15 is 0 Å². The minimum absolute atomic E-state index is 0.218. The summed E-state index contributed by atoms with van der Waals surface area (Å²) in [5.74, 6) is 1.18. The molecular weight excluding hydrogens is 272 g/mol. The summed E-state index contributed by atoms with van der Waals surface area (Å²) in [6.45, 7) is 4.70. The highest BCUT2D eigenvalue weighted by atomic mass is 32.2. The smallest absolute Gasteiger partial charge is 0.272 e. The fourth-order valence-electron chi connectivity index (χ4n) is 2.74. The fraction of sp³-hybridized carbons (Fsp3) is 0.600. The predicted octanol–water partition coefficient (Wildman–Crippen LogP) is 3.67. The molecule has 1 aromatic carbocycles. The lowest BCUT2D eigenvalue weighted by atomic mass is 10.1. The van der Waals surface area contributed by atoms with Gasteiger partial charge in [-0.25, -0.2) is 0 Å². The van der Waals surface area contributed by atoms with Crippen molar-refractivity contribution >= 4 is 17.4 Å². The molecule has 110 valence electrons. The van der Waals surface area contributed by atoms with Crippen LogP contribution < -0.4 is 5.32 Å². The van der Waals surface area contributed by atoms with E-state index in [1.165, 1.54) is 25.0 Å². The zero-order valence-electron chi connectivity index (χ0n) is 12.1. The van der Waals surface area contributed by atoms with Gasteiger partial charge in [-0.1, -0.05) is 19.1 Å². The van der Waals surface area contributed by atoms with Crippen molar-refractivity contribution < 1.29 is 4.92 Å². The van der Waals surface area contributed by atoms with Crippen molar-refractivity contribution in [1.29, 1.82) is 0 Å². The van der Waals surface area contributed by atoms with E-state index in [9.17, 15) is 10.1 Å². The van der Waals surface area contributed by atoms with Gasteiger partial charge in [0.1, 0.15) is 0 Å². The molecule has 20 heavy (non-hydrogen) atoms. The van der Waals surface area contributed by atoms with Crippen molar-refractivity contribution in [3.8, 4) is 0 Å². The Kier molecular flexibility index (Phi) is 5.43. The summed E-state index contributed by atoms with van der Waals surface area (Å²) in [6, 6.07) is 6.05. The number of aryl methyl sites for hydroxylation is 1. The molecule has 0 spiro atoms. The summed E-state index contributed by atoms with van der Waals surface area (Å²) >= 11 is 2.04. The molecule has 1 aliphatic carbocycles. The van der Waals surface area contributed by atoms with Crippen LogP contribution in [0.5, 0.6) is 0 Å². The number of hydrogen-bond donors (Lipinski definition) is 1. The van der Waals surface area contributed by atoms with E-state index in [4.69, 9.17) is 0 Å². The maximum atomic E-state index is 10.9. The van der Waals surface area contributed by atoms with Crippen LogP contribution in [-0.4, -0.2) is 22.0 Å². The average molecular weight is 294 g/mol. The van der Waals surface area contributed by atoms with Gasteiger partial charge in [0.15, 0.2) is 0 Å². The number of hydrogen-bond acceptors (Lipinski definition) is 4. The van der Waals surface area contributed by atoms with E-state index in [2.05, 4.69) is 12.2 Å². The van der Waals surface area contributed by atoms with Crippen LogP contribution in [0.15, 0.2) is 18.2 Å². The molecule has 2 atom stereocenters. The van der Waals surface area contributed by atoms with E-state index < -0.39 is 0 Å². The van der Waals surface area contributed by atoms with Gasteiger partial charge in [0.05, 0.1) is 4.92 Å². The molecule has 0 aliphatic heterocycles. The molecule has 0 saturated heterocycles. The van der Waals surface area contributed by atoms with Gasteiger partial charge in [-0.05, 0) is 37.5 Å². The molecule has 4 nitrogen and oxygen atoms in total. The van der Waals surface area contributed by atoms with Crippen molar-refractivity contribution in [1.82, 2.24) is 5.32 Å². The largest absolute Gasteiger partial charge is 0.310 e. The van der Waals surface area contributed by atoms with Crippen LogP contribution in [0.25, 0.3) is 0 Å². The average Bonchev–Trinajstić information content (AvgIpc) is 2.86. The van der Waals surface area contributed by atoms with Gasteiger partial charge >= 0.3 is 0 Å². The van der Waals surface area contributed by atoms with Crippen molar-refractivity contribution in [2.75, 3.05) is 5.75 Å². The Morgan fingerprint density at radius 1 is 1.45 bits per heavy atom. The van der Waals surface area contributed by atoms with E-state index in [-0.39, 0.29) is 10.6 Å². The summed E-state index contributed by atoms with van der Waals surface area (Å²) in [5.41, 5.74) is 1.93. The van der Waals surface area contributed by atoms with Crippen LogP contribution in [0.1, 0.15) is 37.3 Å². The highest BCUT2D eigenvalue weighted by Crippen LogP contribution is 2.30. The third-order valence-electron chi connectivity index (χ3n) is 3.85. The van der Waals surface area contributed by atoms with Crippen LogP contribution in [-0.2, 0) is 6.54 Å². The van der Waals surface area contributed by atoms with Gasteiger partial charge in [-0.2, -0.15) is 11.8 Å². The number of thioether (sulfide) groups is 1. The molecule has 1 aromatic rings. The van der Waals surface area contributed by atoms with Crippen molar-refractivity contribution in [3.63, 3.8) is 0 Å². The summed E-state index contributed by atoms with van der Waals surface area (Å²) < 4.78 is 0. The van der Waals surface area contributed by atoms with E-state index in [0.717, 1.165) is 22.9 Å². The third kappa shape index (κ3) is 3.96. The SMILES string of the molecule is CCSC1CCC(NCc2ccc(C)c([N+](=O)[O-])c2)C1. The number of benzene rings is 1. The second kappa shape index (κ2) is 7.09. The summed E-state index contributed by atoms with van der Waals surface area (Å²) in [7, 11) is 0. The molecule has 5 heteroatoms. The Bertz CT molecular complexity index is 479. The standard InChI is InChI=1S/C15H22N2O2S/c1-3-20-14-7-6-13(9-14)16-10-12-5-4-11(2)15(8-12)17(18)19/h4-5,8,13-14,16H,3,6-7,9-10H2,1-2H3. The van der Waals surface area contributed by atoms with Crippen LogP contribution in [0.4, 0.5) is 5.69 Å². The maximum absolute atomic E-state index is 10.9. The Labute approximate surface area is 124 Å². The van der Waals surface area contributed by atoms with Gasteiger partial charge < -0.3 is 5.32 Å². The summed E-state index contributed by atoms with van der Waals surface area (Å²) in [4.78, 5) is 10.6. The van der Waals surface area contributed by atoms with Crippen LogP contribution in [0.2, 0.25) is 0 Å². The minimum atomic E-state index is -0.303. The Morgan fingerprint density at radius 2 is 2.25 bits per heavy atom. The first-order valence-corrected chi connectivity index (χ1v) is 8.24. The topological polar surface area (TPSA) is 55.2 Å². The first-order valence-electron chi connectivity index (χ1n) is 7.19. The van der Waals surface area contributed by atoms with Gasteiger partial charge in [0.2, 0.25) is 0 Å². The molecule has 0 heterocycles. The second-order valence-electron chi connectivity index (χ2n) is 5.35. The summed E-state index contributed by atoms with van der Waals surface area (Å²) in [6.07, 6.45) is 3.71. The monoisotopic (exact) mass is 294 g/mol. The molecule has 2 rings (SSSR count). The third-order valence-corrected chi connectivity index (χ3v) is 5.08. The molecule has 1 saturated carbocycles. The van der Waals surface area contributed by atoms with Gasteiger partial charge in [-0.3, -0.25) is 10.1 Å². The van der Waals surface area contributed by atoms with Crippen LogP contribution in [0.3, 0.4) is 0 Å². The van der Waals surface area contributed by atoms with Crippen molar-refractivity contribution in [2.24, 2.45) is 0 Å². The predicted molar refractivity (Wildman–Crippen MR) is 84.2 cm³/mol. The van der Waals surface area contributed by atoms with Gasteiger partial charge in [-0.15, -0.1) is 0 Å². The second-order valence-corrected chi connectivity index (χ2v) is 6.92. The maximum Gasteiger partial charge on any atom is 0.272 e. The first-order chi connectivity index (χ1) is 9.60. The Balaban J connectivity index is 1.88. The van der Waals surface area contributed by atoms with Crippen LogP contribution >= 0.6 is 11.8 Å². The van der Waals surface area contributed by atoms with E-state index in [1.807, 2.05) is 23.9 Å². The lowest BCUT2D eigenvalue weighted by Crippen LogP contribution is -2.26. The zero-order chi connectivity index (χ0) is 14.5. The number of rotatable bonds is 6. The van der Waals surface area contributed by atoms with Gasteiger partial charge in [0, 0.05) is 29.5 Å². The lowest BCUT2D eigenvalue weighted by molar-refractivity contribution is -0.385. The quantitative estimate of drug-likeness (QED) is 0.642. The van der Waals surface area contributed by atoms with Crippen LogP contribution in [0, 0.1) is 17.0 Å². The first kappa shape index (κ1) is 15.3. The molecular formula is C15H22N2O2S. The molecule has 0 bridgehead atoms. The van der Waals surface area contributed by atoms with E-state index in [1.54, 1.807) is 13.0 Å². The van der Waals surface area contributed by atoms with Gasteiger partial charge in [0.25, 0.3) is 5.69 Å². The normalized spacial score (nSPS) is 22.1. The Morgan fingerprint density at radius 3 is 2.95 bits per heavy atom. The fourth-order valence-corrected chi connectivity index (χ4v) is 3.88. The number of nitrogens with zero attached hydrogens (tertiary/aromatic N) is 1. The molecule has 0 radical (unpaired) electrons. The highest BCUT2D eigenvalue weighted by Gasteiger charge is 2.24. The number of nitro groups is 1. The molecule has 0 aromatic heterocycles. The molecule has 0 amide bonds.